The van der Waals surface area contributed by atoms with Gasteiger partial charge in [-0.25, -0.2) is 0 Å². The van der Waals surface area contributed by atoms with Gasteiger partial charge in [0.25, 0.3) is 0 Å². The third-order valence-electron chi connectivity index (χ3n) is 6.15. The van der Waals surface area contributed by atoms with Crippen LogP contribution in [0.2, 0.25) is 0 Å². The van der Waals surface area contributed by atoms with Crippen LogP contribution in [0.3, 0.4) is 0 Å². The Kier molecular flexibility index (Phi) is 9.36. The molecule has 4 nitrogen and oxygen atoms in total. The van der Waals surface area contributed by atoms with Gasteiger partial charge >= 0.3 is 0 Å². The molecule has 0 radical (unpaired) electrons. The highest BCUT2D eigenvalue weighted by Gasteiger charge is 2.18. The first kappa shape index (κ1) is 24.5. The number of ether oxygens (including phenoxy) is 1. The standard InChI is InChI=1S/C27H39N3OS/c1-5-15-29-16-8-12-24-19-23(13-14-25(24)29)20-30(17-9-18-31-6-2)27(32)28-26-21(3)10-7-11-22(26)4/h7,10-11,13-14,19H,5-6,8-9,12,15-18,20H2,1-4H3,(H,28,32). The SMILES string of the molecule is CCCN1CCCc2cc(CN(CCCOCC)C(=S)Nc3c(C)cccc3C)ccc21. The normalized spacial score (nSPS) is 13.1. The second-order valence-electron chi connectivity index (χ2n) is 8.72. The van der Waals surface area contributed by atoms with E-state index in [-0.39, 0.29) is 0 Å². The van der Waals surface area contributed by atoms with Crippen LogP contribution in [0.1, 0.15) is 55.4 Å². The molecule has 32 heavy (non-hydrogen) atoms. The summed E-state index contributed by atoms with van der Waals surface area (Å²) in [6.07, 6.45) is 4.55. The minimum absolute atomic E-state index is 0.754. The van der Waals surface area contributed by atoms with Crippen LogP contribution in [0, 0.1) is 13.8 Å². The molecular weight excluding hydrogens is 414 g/mol. The molecular formula is C27H39N3OS. The number of nitrogens with one attached hydrogen (secondary N) is 1. The lowest BCUT2D eigenvalue weighted by Crippen LogP contribution is -2.36. The van der Waals surface area contributed by atoms with E-state index < -0.39 is 0 Å². The summed E-state index contributed by atoms with van der Waals surface area (Å²) in [4.78, 5) is 4.82. The predicted molar refractivity (Wildman–Crippen MR) is 141 cm³/mol. The molecule has 2 aromatic rings. The Morgan fingerprint density at radius 1 is 1.16 bits per heavy atom. The summed E-state index contributed by atoms with van der Waals surface area (Å²) < 4.78 is 5.58. The van der Waals surface area contributed by atoms with Crippen LogP contribution in [0.25, 0.3) is 0 Å². The molecule has 1 aliphatic heterocycles. The fourth-order valence-electron chi connectivity index (χ4n) is 4.50. The van der Waals surface area contributed by atoms with Crippen molar-refractivity contribution >= 4 is 28.7 Å². The van der Waals surface area contributed by atoms with Crippen LogP contribution in [0.15, 0.2) is 36.4 Å². The Morgan fingerprint density at radius 2 is 1.94 bits per heavy atom. The van der Waals surface area contributed by atoms with Crippen LogP contribution < -0.4 is 10.2 Å². The molecule has 0 atom stereocenters. The van der Waals surface area contributed by atoms with E-state index in [0.717, 1.165) is 50.1 Å². The summed E-state index contributed by atoms with van der Waals surface area (Å²) in [5.41, 5.74) is 7.76. The van der Waals surface area contributed by atoms with Crippen molar-refractivity contribution in [3.05, 3.63) is 58.7 Å². The molecule has 3 rings (SSSR count). The minimum Gasteiger partial charge on any atom is -0.382 e. The summed E-state index contributed by atoms with van der Waals surface area (Å²) in [5.74, 6) is 0. The molecule has 0 saturated heterocycles. The van der Waals surface area contributed by atoms with E-state index in [2.05, 4.69) is 72.3 Å². The van der Waals surface area contributed by atoms with Crippen molar-refractivity contribution in [2.24, 2.45) is 0 Å². The van der Waals surface area contributed by atoms with Crippen LogP contribution in [0.5, 0.6) is 0 Å². The van der Waals surface area contributed by atoms with E-state index in [0.29, 0.717) is 0 Å². The lowest BCUT2D eigenvalue weighted by atomic mass is 9.98. The lowest BCUT2D eigenvalue weighted by Gasteiger charge is -2.32. The zero-order chi connectivity index (χ0) is 22.9. The molecule has 1 N–H and O–H groups in total. The van der Waals surface area contributed by atoms with Crippen molar-refractivity contribution in [2.45, 2.75) is 59.9 Å². The molecule has 1 aliphatic rings. The molecule has 0 unspecified atom stereocenters. The third kappa shape index (κ3) is 6.46. The third-order valence-corrected chi connectivity index (χ3v) is 6.51. The molecule has 0 aromatic heterocycles. The number of hydrogen-bond donors (Lipinski definition) is 1. The number of anilines is 2. The number of aryl methyl sites for hydroxylation is 3. The number of para-hydroxylation sites is 1. The highest BCUT2D eigenvalue weighted by Crippen LogP contribution is 2.29. The lowest BCUT2D eigenvalue weighted by molar-refractivity contribution is 0.139. The average Bonchev–Trinajstić information content (AvgIpc) is 2.78. The van der Waals surface area contributed by atoms with Crippen molar-refractivity contribution in [1.82, 2.24) is 4.90 Å². The molecule has 0 spiro atoms. The van der Waals surface area contributed by atoms with E-state index in [4.69, 9.17) is 17.0 Å². The van der Waals surface area contributed by atoms with Crippen LogP contribution in [-0.4, -0.2) is 42.9 Å². The summed E-state index contributed by atoms with van der Waals surface area (Å²) in [7, 11) is 0. The van der Waals surface area contributed by atoms with Crippen LogP contribution in [0.4, 0.5) is 11.4 Å². The molecule has 174 valence electrons. The van der Waals surface area contributed by atoms with E-state index in [1.54, 1.807) is 0 Å². The van der Waals surface area contributed by atoms with Gasteiger partial charge in [0, 0.05) is 50.8 Å². The van der Waals surface area contributed by atoms with E-state index >= 15 is 0 Å². The van der Waals surface area contributed by atoms with E-state index in [9.17, 15) is 0 Å². The first-order valence-electron chi connectivity index (χ1n) is 12.1. The molecule has 5 heteroatoms. The van der Waals surface area contributed by atoms with Crippen molar-refractivity contribution in [3.8, 4) is 0 Å². The Balaban J connectivity index is 1.76. The summed E-state index contributed by atoms with van der Waals surface area (Å²) in [6, 6.07) is 13.3. The van der Waals surface area contributed by atoms with Gasteiger partial charge in [-0.15, -0.1) is 0 Å². The Morgan fingerprint density at radius 3 is 2.66 bits per heavy atom. The van der Waals surface area contributed by atoms with Gasteiger partial charge in [0.05, 0.1) is 0 Å². The van der Waals surface area contributed by atoms with Crippen molar-refractivity contribution in [2.75, 3.05) is 43.1 Å². The summed E-state index contributed by atoms with van der Waals surface area (Å²) in [6.45, 7) is 14.1. The van der Waals surface area contributed by atoms with Gasteiger partial charge in [-0.2, -0.15) is 0 Å². The Labute approximate surface area is 199 Å². The largest absolute Gasteiger partial charge is 0.382 e. The molecule has 1 heterocycles. The minimum atomic E-state index is 0.754. The number of fused-ring (bicyclic) bond motifs is 1. The summed E-state index contributed by atoms with van der Waals surface area (Å²) >= 11 is 5.89. The fourth-order valence-corrected chi connectivity index (χ4v) is 4.76. The Bertz CT molecular complexity index is 878. The second-order valence-corrected chi connectivity index (χ2v) is 9.11. The van der Waals surface area contributed by atoms with Crippen molar-refractivity contribution in [3.63, 3.8) is 0 Å². The quantitative estimate of drug-likeness (QED) is 0.347. The van der Waals surface area contributed by atoms with Gasteiger partial charge in [0.1, 0.15) is 0 Å². The van der Waals surface area contributed by atoms with Crippen molar-refractivity contribution in [1.29, 1.82) is 0 Å². The maximum Gasteiger partial charge on any atom is 0.173 e. The molecule has 0 aliphatic carbocycles. The molecule has 0 amide bonds. The zero-order valence-corrected chi connectivity index (χ0v) is 21.1. The van der Waals surface area contributed by atoms with Gasteiger partial charge in [-0.3, -0.25) is 0 Å². The second kappa shape index (κ2) is 12.2. The van der Waals surface area contributed by atoms with Gasteiger partial charge in [-0.1, -0.05) is 37.3 Å². The number of thiocarbonyl (C=S) groups is 1. The number of hydrogen-bond acceptors (Lipinski definition) is 3. The highest BCUT2D eigenvalue weighted by atomic mass is 32.1. The molecule has 2 aromatic carbocycles. The van der Waals surface area contributed by atoms with Crippen LogP contribution in [-0.2, 0) is 17.7 Å². The first-order chi connectivity index (χ1) is 15.5. The van der Waals surface area contributed by atoms with Crippen molar-refractivity contribution < 1.29 is 4.74 Å². The zero-order valence-electron chi connectivity index (χ0n) is 20.2. The van der Waals surface area contributed by atoms with Gasteiger partial charge in [0.15, 0.2) is 5.11 Å². The first-order valence-corrected chi connectivity index (χ1v) is 12.5. The molecule has 0 bridgehead atoms. The van der Waals surface area contributed by atoms with Gasteiger partial charge < -0.3 is 19.9 Å². The monoisotopic (exact) mass is 453 g/mol. The number of benzene rings is 2. The highest BCUT2D eigenvalue weighted by molar-refractivity contribution is 7.80. The maximum atomic E-state index is 5.89. The average molecular weight is 454 g/mol. The Hall–Kier alpha value is -2.11. The number of nitrogens with zero attached hydrogens (tertiary/aromatic N) is 2. The van der Waals surface area contributed by atoms with E-state index in [1.165, 1.54) is 53.7 Å². The number of rotatable bonds is 10. The topological polar surface area (TPSA) is 27.7 Å². The van der Waals surface area contributed by atoms with Gasteiger partial charge in [0.2, 0.25) is 0 Å². The van der Waals surface area contributed by atoms with E-state index in [1.807, 2.05) is 6.92 Å². The predicted octanol–water partition coefficient (Wildman–Crippen LogP) is 6.09. The molecule has 0 fully saturated rings. The van der Waals surface area contributed by atoms with Crippen LogP contribution >= 0.6 is 12.2 Å². The maximum absolute atomic E-state index is 5.89. The fraction of sp³-hybridized carbons (Fsp3) is 0.519. The smallest absolute Gasteiger partial charge is 0.173 e. The van der Waals surface area contributed by atoms with Gasteiger partial charge in [-0.05, 0) is 87.0 Å². The molecule has 0 saturated carbocycles. The summed E-state index contributed by atoms with van der Waals surface area (Å²) in [5, 5.41) is 4.32.